The summed E-state index contributed by atoms with van der Waals surface area (Å²) in [5.74, 6) is 0.0516. The van der Waals surface area contributed by atoms with E-state index in [1.165, 1.54) is 0 Å². The van der Waals surface area contributed by atoms with Crippen LogP contribution in [0.3, 0.4) is 0 Å². The van der Waals surface area contributed by atoms with Crippen LogP contribution in [0.25, 0.3) is 22.0 Å². The first-order valence-corrected chi connectivity index (χ1v) is 8.48. The van der Waals surface area contributed by atoms with Crippen molar-refractivity contribution in [2.75, 3.05) is 13.2 Å². The highest BCUT2D eigenvalue weighted by atomic mass is 16.5. The van der Waals surface area contributed by atoms with E-state index >= 15 is 0 Å². The number of pyridine rings is 3. The third-order valence-electron chi connectivity index (χ3n) is 5.15. The van der Waals surface area contributed by atoms with E-state index < -0.39 is 5.60 Å². The molecule has 0 aromatic carbocycles. The standard InChI is InChI=1S/C20H21N3O2/c1-12-10-25-11-20(12,24)15-4-5-19(23-7-15)18-9-22-14(3)17-8-21-13(2)6-16(17)18/h4-9,12,24H,10-11H2,1-3H3/t12-,20+/m1/s1. The van der Waals surface area contributed by atoms with Crippen molar-refractivity contribution in [3.63, 3.8) is 0 Å². The van der Waals surface area contributed by atoms with Gasteiger partial charge in [0.1, 0.15) is 5.60 Å². The second-order valence-corrected chi connectivity index (χ2v) is 6.90. The van der Waals surface area contributed by atoms with Crippen LogP contribution in [-0.4, -0.2) is 33.3 Å². The Kier molecular flexibility index (Phi) is 3.78. The molecule has 0 saturated carbocycles. The van der Waals surface area contributed by atoms with E-state index in [0.717, 1.165) is 39.0 Å². The number of hydrogen-bond donors (Lipinski definition) is 1. The monoisotopic (exact) mass is 335 g/mol. The summed E-state index contributed by atoms with van der Waals surface area (Å²) in [6, 6.07) is 5.95. The quantitative estimate of drug-likeness (QED) is 0.779. The number of aliphatic hydroxyl groups is 1. The lowest BCUT2D eigenvalue weighted by Crippen LogP contribution is -2.32. The summed E-state index contributed by atoms with van der Waals surface area (Å²) >= 11 is 0. The Balaban J connectivity index is 1.80. The molecule has 4 rings (SSSR count). The smallest absolute Gasteiger partial charge is 0.119 e. The number of nitrogens with zero attached hydrogens (tertiary/aromatic N) is 3. The van der Waals surface area contributed by atoms with E-state index in [9.17, 15) is 5.11 Å². The molecule has 3 aromatic heterocycles. The average Bonchev–Trinajstić information content (AvgIpc) is 2.95. The van der Waals surface area contributed by atoms with Crippen LogP contribution in [0.5, 0.6) is 0 Å². The fourth-order valence-electron chi connectivity index (χ4n) is 3.42. The maximum atomic E-state index is 10.9. The van der Waals surface area contributed by atoms with Crippen LogP contribution >= 0.6 is 0 Å². The normalized spacial score (nSPS) is 23.3. The Labute approximate surface area is 146 Å². The summed E-state index contributed by atoms with van der Waals surface area (Å²) in [5, 5.41) is 13.0. The molecule has 1 aliphatic rings. The Hall–Kier alpha value is -2.37. The van der Waals surface area contributed by atoms with Gasteiger partial charge in [-0.25, -0.2) is 0 Å². The van der Waals surface area contributed by atoms with Gasteiger partial charge >= 0.3 is 0 Å². The molecule has 0 unspecified atom stereocenters. The minimum Gasteiger partial charge on any atom is -0.382 e. The number of aryl methyl sites for hydroxylation is 2. The summed E-state index contributed by atoms with van der Waals surface area (Å²) in [5.41, 5.74) is 3.56. The molecule has 1 fully saturated rings. The molecule has 3 aromatic rings. The molecule has 2 atom stereocenters. The lowest BCUT2D eigenvalue weighted by Gasteiger charge is -2.25. The molecular weight excluding hydrogens is 314 g/mol. The highest BCUT2D eigenvalue weighted by Crippen LogP contribution is 2.36. The van der Waals surface area contributed by atoms with E-state index in [4.69, 9.17) is 4.74 Å². The van der Waals surface area contributed by atoms with Gasteiger partial charge < -0.3 is 9.84 Å². The molecule has 128 valence electrons. The molecule has 5 heteroatoms. The molecule has 1 N–H and O–H groups in total. The average molecular weight is 335 g/mol. The van der Waals surface area contributed by atoms with Crippen molar-refractivity contribution < 1.29 is 9.84 Å². The van der Waals surface area contributed by atoms with Crippen LogP contribution in [0.4, 0.5) is 0 Å². The zero-order valence-electron chi connectivity index (χ0n) is 14.7. The molecule has 1 aliphatic heterocycles. The van der Waals surface area contributed by atoms with Crippen LogP contribution in [0, 0.1) is 19.8 Å². The maximum absolute atomic E-state index is 10.9. The molecule has 5 nitrogen and oxygen atoms in total. The molecule has 0 bridgehead atoms. The van der Waals surface area contributed by atoms with E-state index in [0.29, 0.717) is 13.2 Å². The van der Waals surface area contributed by atoms with E-state index in [-0.39, 0.29) is 5.92 Å². The summed E-state index contributed by atoms with van der Waals surface area (Å²) in [6.45, 7) is 6.84. The molecule has 1 saturated heterocycles. The van der Waals surface area contributed by atoms with Gasteiger partial charge in [-0.1, -0.05) is 13.0 Å². The van der Waals surface area contributed by atoms with Crippen LogP contribution < -0.4 is 0 Å². The Morgan fingerprint density at radius 2 is 1.92 bits per heavy atom. The maximum Gasteiger partial charge on any atom is 0.119 e. The third-order valence-corrected chi connectivity index (χ3v) is 5.15. The van der Waals surface area contributed by atoms with Crippen molar-refractivity contribution in [3.05, 3.63) is 53.7 Å². The molecule has 0 radical (unpaired) electrons. The van der Waals surface area contributed by atoms with Gasteiger partial charge in [0.25, 0.3) is 0 Å². The molecule has 4 heterocycles. The van der Waals surface area contributed by atoms with Crippen LogP contribution in [-0.2, 0) is 10.3 Å². The summed E-state index contributed by atoms with van der Waals surface area (Å²) in [4.78, 5) is 13.5. The number of ether oxygens (including phenoxy) is 1. The largest absolute Gasteiger partial charge is 0.382 e. The van der Waals surface area contributed by atoms with Crippen molar-refractivity contribution in [1.82, 2.24) is 15.0 Å². The van der Waals surface area contributed by atoms with Gasteiger partial charge in [-0.15, -0.1) is 0 Å². The minimum atomic E-state index is -0.959. The first-order valence-electron chi connectivity index (χ1n) is 8.48. The third kappa shape index (κ3) is 2.60. The summed E-state index contributed by atoms with van der Waals surface area (Å²) < 4.78 is 5.43. The van der Waals surface area contributed by atoms with Crippen molar-refractivity contribution in [1.29, 1.82) is 0 Å². The SMILES string of the molecule is Cc1cc2c(-c3ccc([C@]4(O)COC[C@H]4C)cn3)cnc(C)c2cn1. The first-order chi connectivity index (χ1) is 12.0. The van der Waals surface area contributed by atoms with E-state index in [1.807, 2.05) is 45.3 Å². The van der Waals surface area contributed by atoms with Gasteiger partial charge in [0, 0.05) is 52.4 Å². The zero-order valence-corrected chi connectivity index (χ0v) is 14.7. The molecule has 0 aliphatic carbocycles. The Morgan fingerprint density at radius 3 is 2.60 bits per heavy atom. The molecule has 0 spiro atoms. The number of aromatic nitrogens is 3. The van der Waals surface area contributed by atoms with Crippen molar-refractivity contribution in [3.8, 4) is 11.3 Å². The lowest BCUT2D eigenvalue weighted by atomic mass is 9.86. The van der Waals surface area contributed by atoms with Crippen LogP contribution in [0.15, 0.2) is 36.8 Å². The summed E-state index contributed by atoms with van der Waals surface area (Å²) in [7, 11) is 0. The Bertz CT molecular complexity index is 940. The van der Waals surface area contributed by atoms with Crippen molar-refractivity contribution in [2.45, 2.75) is 26.4 Å². The van der Waals surface area contributed by atoms with Gasteiger partial charge in [-0.2, -0.15) is 0 Å². The van der Waals surface area contributed by atoms with Gasteiger partial charge in [-0.3, -0.25) is 15.0 Å². The van der Waals surface area contributed by atoms with Crippen LogP contribution in [0.2, 0.25) is 0 Å². The fraction of sp³-hybridized carbons (Fsp3) is 0.350. The van der Waals surface area contributed by atoms with E-state index in [2.05, 4.69) is 21.0 Å². The minimum absolute atomic E-state index is 0.0516. The second kappa shape index (κ2) is 5.86. The van der Waals surface area contributed by atoms with Gasteiger partial charge in [-0.05, 0) is 31.4 Å². The molecular formula is C20H21N3O2. The highest BCUT2D eigenvalue weighted by molar-refractivity contribution is 5.96. The number of fused-ring (bicyclic) bond motifs is 1. The van der Waals surface area contributed by atoms with Crippen molar-refractivity contribution >= 4 is 10.8 Å². The first kappa shape index (κ1) is 16.1. The topological polar surface area (TPSA) is 68.1 Å². The van der Waals surface area contributed by atoms with Gasteiger partial charge in [0.2, 0.25) is 0 Å². The second-order valence-electron chi connectivity index (χ2n) is 6.90. The van der Waals surface area contributed by atoms with E-state index in [1.54, 1.807) is 6.20 Å². The molecule has 25 heavy (non-hydrogen) atoms. The predicted molar refractivity (Wildman–Crippen MR) is 96.1 cm³/mol. The van der Waals surface area contributed by atoms with Crippen LogP contribution in [0.1, 0.15) is 23.9 Å². The summed E-state index contributed by atoms with van der Waals surface area (Å²) in [6.07, 6.45) is 5.47. The molecule has 0 amide bonds. The zero-order chi connectivity index (χ0) is 17.6. The Morgan fingerprint density at radius 1 is 1.08 bits per heavy atom. The highest BCUT2D eigenvalue weighted by Gasteiger charge is 2.41. The predicted octanol–water partition coefficient (Wildman–Crippen LogP) is 3.16. The number of hydrogen-bond acceptors (Lipinski definition) is 5. The fourth-order valence-corrected chi connectivity index (χ4v) is 3.42. The van der Waals surface area contributed by atoms with Crippen molar-refractivity contribution in [2.24, 2.45) is 5.92 Å². The van der Waals surface area contributed by atoms with Gasteiger partial charge in [0.15, 0.2) is 0 Å². The lowest BCUT2D eigenvalue weighted by molar-refractivity contribution is 0.000546. The van der Waals surface area contributed by atoms with Gasteiger partial charge in [0.05, 0.1) is 18.9 Å². The number of rotatable bonds is 2.